The number of H-pyrrole nitrogens is 1. The van der Waals surface area contributed by atoms with Crippen LogP contribution in [0, 0.1) is 19.7 Å². The van der Waals surface area contributed by atoms with Crippen LogP contribution in [-0.4, -0.2) is 36.8 Å². The van der Waals surface area contributed by atoms with Crippen LogP contribution in [0.2, 0.25) is 0 Å². The number of nitrogens with one attached hydrogen (secondary N) is 2. The molecule has 0 radical (unpaired) electrons. The van der Waals surface area contributed by atoms with Crippen molar-refractivity contribution in [1.82, 2.24) is 24.3 Å². The van der Waals surface area contributed by atoms with E-state index in [9.17, 15) is 18.4 Å². The highest BCUT2D eigenvalue weighted by Gasteiger charge is 2.20. The zero-order valence-electron chi connectivity index (χ0n) is 22.2. The SMILES string of the molecule is Cc1cc(-c2cc(C)c(OCc3nnc[nH]3)c(F)c2)c2c(c1)n(CC(=O)Nc1ccc(OC(F)F)cc1)c(=O)n2C. The van der Waals surface area contributed by atoms with Crippen LogP contribution in [0.5, 0.6) is 11.5 Å². The zero-order chi connectivity index (χ0) is 29.3. The molecule has 2 heterocycles. The Kier molecular flexibility index (Phi) is 7.51. The third-order valence-corrected chi connectivity index (χ3v) is 6.40. The van der Waals surface area contributed by atoms with E-state index in [0.29, 0.717) is 39.2 Å². The van der Waals surface area contributed by atoms with Crippen molar-refractivity contribution in [1.29, 1.82) is 0 Å². The maximum Gasteiger partial charge on any atom is 0.387 e. The number of aromatic nitrogens is 5. The number of aryl methyl sites for hydroxylation is 3. The van der Waals surface area contributed by atoms with Gasteiger partial charge in [-0.1, -0.05) is 0 Å². The Balaban J connectivity index is 1.44. The van der Waals surface area contributed by atoms with Gasteiger partial charge in [0.2, 0.25) is 5.91 Å². The molecule has 0 aliphatic heterocycles. The van der Waals surface area contributed by atoms with Gasteiger partial charge in [-0.15, -0.1) is 10.2 Å². The molecule has 0 saturated heterocycles. The molecule has 2 aromatic heterocycles. The van der Waals surface area contributed by atoms with Crippen molar-refractivity contribution < 1.29 is 27.4 Å². The van der Waals surface area contributed by atoms with Crippen molar-refractivity contribution in [2.24, 2.45) is 7.05 Å². The molecule has 0 bridgehead atoms. The quantitative estimate of drug-likeness (QED) is 0.267. The number of imidazole rings is 1. The number of rotatable bonds is 9. The minimum Gasteiger partial charge on any atom is -0.482 e. The van der Waals surface area contributed by atoms with E-state index in [-0.39, 0.29) is 24.7 Å². The number of amides is 1. The van der Waals surface area contributed by atoms with Gasteiger partial charge in [0.05, 0.1) is 11.0 Å². The molecule has 3 aromatic carbocycles. The van der Waals surface area contributed by atoms with Crippen LogP contribution < -0.4 is 20.5 Å². The number of aromatic amines is 1. The van der Waals surface area contributed by atoms with Crippen LogP contribution in [0.4, 0.5) is 18.9 Å². The monoisotopic (exact) mass is 566 g/mol. The predicted octanol–water partition coefficient (Wildman–Crippen LogP) is 4.70. The van der Waals surface area contributed by atoms with Crippen molar-refractivity contribution in [2.45, 2.75) is 33.6 Å². The summed E-state index contributed by atoms with van der Waals surface area (Å²) in [7, 11) is 1.58. The van der Waals surface area contributed by atoms with Crippen LogP contribution in [0.25, 0.3) is 22.2 Å². The average Bonchev–Trinajstić information content (AvgIpc) is 3.51. The number of anilines is 1. The average molecular weight is 567 g/mol. The highest BCUT2D eigenvalue weighted by atomic mass is 19.3. The Morgan fingerprint density at radius 3 is 2.54 bits per heavy atom. The zero-order valence-corrected chi connectivity index (χ0v) is 22.2. The molecule has 0 fully saturated rings. The molecule has 0 unspecified atom stereocenters. The van der Waals surface area contributed by atoms with Crippen molar-refractivity contribution in [3.8, 4) is 22.6 Å². The first-order valence-electron chi connectivity index (χ1n) is 12.4. The summed E-state index contributed by atoms with van der Waals surface area (Å²) in [5, 5.41) is 10.2. The molecule has 0 spiro atoms. The first-order valence-corrected chi connectivity index (χ1v) is 12.4. The minimum absolute atomic E-state index is 0.0127. The lowest BCUT2D eigenvalue weighted by atomic mass is 9.99. The van der Waals surface area contributed by atoms with Crippen LogP contribution in [-0.2, 0) is 25.0 Å². The number of fused-ring (bicyclic) bond motifs is 1. The molecule has 5 aromatic rings. The number of carbonyl (C=O) groups is 1. The smallest absolute Gasteiger partial charge is 0.387 e. The highest BCUT2D eigenvalue weighted by molar-refractivity contribution is 5.96. The van der Waals surface area contributed by atoms with Crippen molar-refractivity contribution in [2.75, 3.05) is 5.32 Å². The number of benzene rings is 3. The molecule has 0 saturated carbocycles. The van der Waals surface area contributed by atoms with Gasteiger partial charge >= 0.3 is 12.3 Å². The van der Waals surface area contributed by atoms with Gasteiger partial charge in [0.25, 0.3) is 0 Å². The van der Waals surface area contributed by atoms with E-state index in [1.165, 1.54) is 45.8 Å². The second kappa shape index (κ2) is 11.2. The third-order valence-electron chi connectivity index (χ3n) is 6.40. The van der Waals surface area contributed by atoms with Gasteiger partial charge in [0.1, 0.15) is 25.2 Å². The maximum absolute atomic E-state index is 15.2. The van der Waals surface area contributed by atoms with Gasteiger partial charge in [0.15, 0.2) is 17.4 Å². The molecular formula is C28H25F3N6O4. The molecule has 41 heavy (non-hydrogen) atoms. The van der Waals surface area contributed by atoms with Gasteiger partial charge in [-0.05, 0) is 79.1 Å². The first kappa shape index (κ1) is 27.5. The first-order chi connectivity index (χ1) is 19.6. The van der Waals surface area contributed by atoms with E-state index in [0.717, 1.165) is 5.56 Å². The lowest BCUT2D eigenvalue weighted by molar-refractivity contribution is -0.116. The summed E-state index contributed by atoms with van der Waals surface area (Å²) < 4.78 is 52.7. The van der Waals surface area contributed by atoms with Crippen molar-refractivity contribution >= 4 is 22.6 Å². The largest absolute Gasteiger partial charge is 0.482 e. The molecule has 10 nitrogen and oxygen atoms in total. The van der Waals surface area contributed by atoms with Crippen LogP contribution in [0.1, 0.15) is 17.0 Å². The molecule has 13 heteroatoms. The summed E-state index contributed by atoms with van der Waals surface area (Å²) in [6.07, 6.45) is 1.40. The lowest BCUT2D eigenvalue weighted by Crippen LogP contribution is -2.28. The summed E-state index contributed by atoms with van der Waals surface area (Å²) in [4.78, 5) is 28.9. The van der Waals surface area contributed by atoms with Crippen LogP contribution in [0.15, 0.2) is 59.7 Å². The number of carbonyl (C=O) groups excluding carboxylic acids is 1. The molecular weight excluding hydrogens is 541 g/mol. The standard InChI is InChI=1S/C28H25F3N6O4/c1-15-8-20(17-10-16(2)26(21(29)11-17)40-13-23-32-14-33-35-23)25-22(9-15)37(28(39)36(25)3)12-24(38)34-18-4-6-19(7-5-18)41-27(30)31/h4-11,14,27H,12-13H2,1-3H3,(H,34,38)(H,32,33,35). The van der Waals surface area contributed by atoms with Gasteiger partial charge in [0, 0.05) is 18.3 Å². The van der Waals surface area contributed by atoms with Gasteiger partial charge in [-0.25, -0.2) is 9.18 Å². The number of alkyl halides is 2. The third kappa shape index (κ3) is 5.78. The normalized spacial score (nSPS) is 11.3. The predicted molar refractivity (Wildman–Crippen MR) is 144 cm³/mol. The number of nitrogens with zero attached hydrogens (tertiary/aromatic N) is 4. The van der Waals surface area contributed by atoms with E-state index in [1.54, 1.807) is 26.1 Å². The summed E-state index contributed by atoms with van der Waals surface area (Å²) in [6.45, 7) is 0.301. The molecule has 1 amide bonds. The lowest BCUT2D eigenvalue weighted by Gasteiger charge is -2.13. The number of halogens is 3. The van der Waals surface area contributed by atoms with E-state index in [1.807, 2.05) is 13.0 Å². The van der Waals surface area contributed by atoms with E-state index >= 15 is 4.39 Å². The molecule has 0 aliphatic rings. The fourth-order valence-electron chi connectivity index (χ4n) is 4.65. The second-order valence-corrected chi connectivity index (χ2v) is 9.39. The Hall–Kier alpha value is -5.07. The molecule has 5 rings (SSSR count). The molecule has 212 valence electrons. The second-order valence-electron chi connectivity index (χ2n) is 9.39. The van der Waals surface area contributed by atoms with E-state index in [2.05, 4.69) is 25.2 Å². The fraction of sp³-hybridized carbons (Fsp3) is 0.214. The highest BCUT2D eigenvalue weighted by Crippen LogP contribution is 2.34. The van der Waals surface area contributed by atoms with Gasteiger partial charge < -0.3 is 19.8 Å². The topological polar surface area (TPSA) is 116 Å². The number of hydrogen-bond donors (Lipinski definition) is 2. The van der Waals surface area contributed by atoms with Gasteiger partial charge in [-0.2, -0.15) is 8.78 Å². The van der Waals surface area contributed by atoms with Crippen LogP contribution >= 0.6 is 0 Å². The Morgan fingerprint density at radius 1 is 1.12 bits per heavy atom. The maximum atomic E-state index is 15.2. The summed E-state index contributed by atoms with van der Waals surface area (Å²) in [5.41, 5.74) is 3.41. The van der Waals surface area contributed by atoms with Crippen molar-refractivity contribution in [3.05, 3.63) is 88.1 Å². The number of ether oxygens (including phenoxy) is 2. The fourth-order valence-corrected chi connectivity index (χ4v) is 4.65. The molecule has 0 atom stereocenters. The Labute approximate surface area is 231 Å². The Morgan fingerprint density at radius 2 is 1.88 bits per heavy atom. The summed E-state index contributed by atoms with van der Waals surface area (Å²) in [5.74, 6) is -0.604. The molecule has 2 N–H and O–H groups in total. The summed E-state index contributed by atoms with van der Waals surface area (Å²) >= 11 is 0. The number of hydrogen-bond acceptors (Lipinski definition) is 6. The van der Waals surface area contributed by atoms with E-state index < -0.39 is 24.0 Å². The van der Waals surface area contributed by atoms with Crippen molar-refractivity contribution in [3.63, 3.8) is 0 Å². The minimum atomic E-state index is -2.96. The van der Waals surface area contributed by atoms with Crippen LogP contribution in [0.3, 0.4) is 0 Å². The Bertz CT molecular complexity index is 1760. The molecule has 0 aliphatic carbocycles. The van der Waals surface area contributed by atoms with E-state index in [4.69, 9.17) is 4.74 Å². The van der Waals surface area contributed by atoms with Gasteiger partial charge in [-0.3, -0.25) is 13.9 Å². The summed E-state index contributed by atoms with van der Waals surface area (Å²) in [6, 6.07) is 12.2.